The number of nitrogens with one attached hydrogen (secondary N) is 1. The minimum atomic E-state index is -1.31. The Morgan fingerprint density at radius 3 is 2.45 bits per heavy atom. The lowest BCUT2D eigenvalue weighted by molar-refractivity contribution is -0.120. The van der Waals surface area contributed by atoms with Crippen molar-refractivity contribution in [3.05, 3.63) is 70.7 Å². The maximum absolute atomic E-state index is 12.3. The second-order valence-electron chi connectivity index (χ2n) is 4.96. The molecule has 2 aromatic rings. The Balaban J connectivity index is 1.90. The van der Waals surface area contributed by atoms with Crippen LogP contribution in [0.5, 0.6) is 0 Å². The molecule has 22 heavy (non-hydrogen) atoms. The Kier molecular flexibility index (Phi) is 6.16. The van der Waals surface area contributed by atoms with E-state index in [4.69, 9.17) is 11.6 Å². The average Bonchev–Trinajstić information content (AvgIpc) is 2.55. The lowest BCUT2D eigenvalue weighted by Gasteiger charge is -2.13. The van der Waals surface area contributed by atoms with E-state index in [1.165, 1.54) is 0 Å². The second-order valence-corrected chi connectivity index (χ2v) is 7.13. The van der Waals surface area contributed by atoms with E-state index in [9.17, 15) is 9.00 Å². The molecule has 3 nitrogen and oxygen atoms in total. The first-order valence-corrected chi connectivity index (χ1v) is 8.76. The van der Waals surface area contributed by atoms with E-state index in [0.717, 1.165) is 11.1 Å². The van der Waals surface area contributed by atoms with Crippen LogP contribution in [0.25, 0.3) is 0 Å². The van der Waals surface area contributed by atoms with Crippen LogP contribution in [0.4, 0.5) is 0 Å². The fourth-order valence-corrected chi connectivity index (χ4v) is 3.35. The fraction of sp³-hybridized carbons (Fsp3) is 0.235. The van der Waals surface area contributed by atoms with E-state index in [-0.39, 0.29) is 11.7 Å². The summed E-state index contributed by atoms with van der Waals surface area (Å²) in [4.78, 5) is 12.1. The predicted molar refractivity (Wildman–Crippen MR) is 91.0 cm³/mol. The van der Waals surface area contributed by atoms with Crippen molar-refractivity contribution < 1.29 is 9.00 Å². The molecule has 0 saturated carbocycles. The van der Waals surface area contributed by atoms with Gasteiger partial charge in [0.15, 0.2) is 0 Å². The summed E-state index contributed by atoms with van der Waals surface area (Å²) >= 11 is 6.06. The number of carbonyl (C=O) groups is 1. The highest BCUT2D eigenvalue weighted by atomic mass is 35.5. The number of amides is 1. The van der Waals surface area contributed by atoms with Crippen LogP contribution in [0.15, 0.2) is 54.6 Å². The molecule has 2 rings (SSSR count). The molecule has 0 heterocycles. The van der Waals surface area contributed by atoms with Gasteiger partial charge in [0, 0.05) is 22.4 Å². The highest BCUT2D eigenvalue weighted by molar-refractivity contribution is 7.85. The van der Waals surface area contributed by atoms with Gasteiger partial charge in [0.1, 0.15) is 5.25 Å². The smallest absolute Gasteiger partial charge is 0.235 e. The van der Waals surface area contributed by atoms with Crippen molar-refractivity contribution in [3.63, 3.8) is 0 Å². The summed E-state index contributed by atoms with van der Waals surface area (Å²) < 4.78 is 12.3. The largest absolute Gasteiger partial charge is 0.351 e. The van der Waals surface area contributed by atoms with Gasteiger partial charge in [0.05, 0.1) is 5.75 Å². The summed E-state index contributed by atoms with van der Waals surface area (Å²) in [6.07, 6.45) is 0. The van der Waals surface area contributed by atoms with Crippen LogP contribution < -0.4 is 5.32 Å². The molecule has 0 fully saturated rings. The molecule has 0 aliphatic carbocycles. The number of halogens is 1. The minimum Gasteiger partial charge on any atom is -0.351 e. The quantitative estimate of drug-likeness (QED) is 0.880. The van der Waals surface area contributed by atoms with Crippen LogP contribution in [0.1, 0.15) is 18.1 Å². The molecule has 2 atom stereocenters. The van der Waals surface area contributed by atoms with Gasteiger partial charge in [-0.15, -0.1) is 0 Å². The molecular weight excluding hydrogens is 318 g/mol. The molecule has 1 N–H and O–H groups in total. The molecule has 0 saturated heterocycles. The van der Waals surface area contributed by atoms with Gasteiger partial charge in [-0.25, -0.2) is 0 Å². The van der Waals surface area contributed by atoms with Crippen molar-refractivity contribution in [1.29, 1.82) is 0 Å². The molecule has 0 unspecified atom stereocenters. The lowest BCUT2D eigenvalue weighted by atomic mass is 10.2. The molecule has 0 bridgehead atoms. The highest BCUT2D eigenvalue weighted by Gasteiger charge is 2.20. The van der Waals surface area contributed by atoms with Gasteiger partial charge in [-0.1, -0.05) is 60.1 Å². The highest BCUT2D eigenvalue weighted by Crippen LogP contribution is 2.18. The summed E-state index contributed by atoms with van der Waals surface area (Å²) in [6, 6.07) is 16.9. The average molecular weight is 336 g/mol. The first kappa shape index (κ1) is 16.7. The molecule has 5 heteroatoms. The zero-order chi connectivity index (χ0) is 15.9. The summed E-state index contributed by atoms with van der Waals surface area (Å²) in [5, 5.41) is 2.81. The van der Waals surface area contributed by atoms with E-state index in [1.54, 1.807) is 13.0 Å². The van der Waals surface area contributed by atoms with E-state index < -0.39 is 16.0 Å². The maximum Gasteiger partial charge on any atom is 0.235 e. The zero-order valence-electron chi connectivity index (χ0n) is 12.3. The summed E-state index contributed by atoms with van der Waals surface area (Å²) in [5.41, 5.74) is 1.81. The van der Waals surface area contributed by atoms with Crippen molar-refractivity contribution in [1.82, 2.24) is 5.32 Å². The first-order valence-electron chi connectivity index (χ1n) is 7.00. The lowest BCUT2D eigenvalue weighted by Crippen LogP contribution is -2.35. The van der Waals surface area contributed by atoms with Crippen LogP contribution in [-0.2, 0) is 27.9 Å². The standard InChI is InChI=1S/C17H18ClNO2S/c1-13(17(20)19-11-14-7-3-2-4-8-14)22(21)12-15-9-5-6-10-16(15)18/h2-10,13H,11-12H2,1H3,(H,19,20)/t13-,22+/m0/s1. The van der Waals surface area contributed by atoms with Gasteiger partial charge in [0.25, 0.3) is 0 Å². The van der Waals surface area contributed by atoms with Gasteiger partial charge >= 0.3 is 0 Å². The molecule has 0 aliphatic heterocycles. The van der Waals surface area contributed by atoms with E-state index in [2.05, 4.69) is 5.32 Å². The summed E-state index contributed by atoms with van der Waals surface area (Å²) in [5.74, 6) is 0.0637. The Morgan fingerprint density at radius 2 is 1.77 bits per heavy atom. The Labute approximate surface area is 138 Å². The number of hydrogen-bond donors (Lipinski definition) is 1. The van der Waals surface area contributed by atoms with E-state index >= 15 is 0 Å². The minimum absolute atomic E-state index is 0.214. The van der Waals surface area contributed by atoms with Gasteiger partial charge < -0.3 is 5.32 Å². The van der Waals surface area contributed by atoms with Gasteiger partial charge in [0.2, 0.25) is 5.91 Å². The third-order valence-corrected chi connectivity index (χ3v) is 5.30. The number of hydrogen-bond acceptors (Lipinski definition) is 2. The maximum atomic E-state index is 12.3. The molecule has 116 valence electrons. The number of carbonyl (C=O) groups excluding carboxylic acids is 1. The molecule has 1 amide bonds. The Bertz CT molecular complexity index is 661. The second kappa shape index (κ2) is 8.11. The molecule has 0 spiro atoms. The topological polar surface area (TPSA) is 46.2 Å². The fourth-order valence-electron chi connectivity index (χ4n) is 1.94. The molecule has 2 aromatic carbocycles. The van der Waals surface area contributed by atoms with Gasteiger partial charge in [-0.05, 0) is 24.1 Å². The van der Waals surface area contributed by atoms with E-state index in [0.29, 0.717) is 11.6 Å². The predicted octanol–water partition coefficient (Wildman–Crippen LogP) is 3.29. The Morgan fingerprint density at radius 1 is 1.14 bits per heavy atom. The number of benzene rings is 2. The summed E-state index contributed by atoms with van der Waals surface area (Å²) in [7, 11) is -1.31. The van der Waals surface area contributed by atoms with Crippen LogP contribution in [0.2, 0.25) is 5.02 Å². The molecule has 0 aliphatic rings. The third kappa shape index (κ3) is 4.68. The first-order chi connectivity index (χ1) is 10.6. The normalized spacial score (nSPS) is 13.4. The van der Waals surface area contributed by atoms with Crippen molar-refractivity contribution in [2.75, 3.05) is 0 Å². The van der Waals surface area contributed by atoms with Crippen LogP contribution >= 0.6 is 11.6 Å². The molecular formula is C17H18ClNO2S. The Hall–Kier alpha value is -1.65. The van der Waals surface area contributed by atoms with Crippen molar-refractivity contribution >= 4 is 28.3 Å². The van der Waals surface area contributed by atoms with E-state index in [1.807, 2.05) is 48.5 Å². The van der Waals surface area contributed by atoms with Crippen LogP contribution in [0, 0.1) is 0 Å². The number of rotatable bonds is 6. The van der Waals surface area contributed by atoms with Crippen LogP contribution in [-0.4, -0.2) is 15.4 Å². The summed E-state index contributed by atoms with van der Waals surface area (Å²) in [6.45, 7) is 2.11. The zero-order valence-corrected chi connectivity index (χ0v) is 13.9. The van der Waals surface area contributed by atoms with Gasteiger partial charge in [-0.2, -0.15) is 0 Å². The van der Waals surface area contributed by atoms with Crippen molar-refractivity contribution in [2.24, 2.45) is 0 Å². The SMILES string of the molecule is C[C@@H](C(=O)NCc1ccccc1)[S@](=O)Cc1ccccc1Cl. The molecule has 0 aromatic heterocycles. The molecule has 0 radical (unpaired) electrons. The van der Waals surface area contributed by atoms with Gasteiger partial charge in [-0.3, -0.25) is 9.00 Å². The van der Waals surface area contributed by atoms with Crippen molar-refractivity contribution in [3.8, 4) is 0 Å². The third-order valence-electron chi connectivity index (χ3n) is 3.33. The monoisotopic (exact) mass is 335 g/mol. The van der Waals surface area contributed by atoms with Crippen molar-refractivity contribution in [2.45, 2.75) is 24.5 Å². The van der Waals surface area contributed by atoms with Crippen LogP contribution in [0.3, 0.4) is 0 Å².